The van der Waals surface area contributed by atoms with Crippen molar-refractivity contribution in [3.63, 3.8) is 0 Å². The molecule has 0 aliphatic carbocycles. The summed E-state index contributed by atoms with van der Waals surface area (Å²) in [5.41, 5.74) is 0. The van der Waals surface area contributed by atoms with Gasteiger partial charge in [0.2, 0.25) is 0 Å². The Hall–Kier alpha value is 24.5. The van der Waals surface area contributed by atoms with Gasteiger partial charge in [-0.05, 0) is 0 Å². The quantitative estimate of drug-likeness (QED) is 0.212. The topological polar surface area (TPSA) is 0 Å². The van der Waals surface area contributed by atoms with Crippen LogP contribution in [0.5, 0.6) is 0 Å². The zero-order valence-corrected chi connectivity index (χ0v) is 76.9. The molecular weight excluding hydrogens is 2170 g/mol. The summed E-state index contributed by atoms with van der Waals surface area (Å²) in [5.74, 6) is 0. The summed E-state index contributed by atoms with van der Waals surface area (Å²) in [6.45, 7) is 0. The molecule has 0 saturated carbocycles. The van der Waals surface area contributed by atoms with Crippen LogP contribution in [0.2, 0.25) is 0 Å². The first-order valence-electron chi connectivity index (χ1n) is 1.000. The molecule has 0 fully saturated rings. The van der Waals surface area contributed by atoms with E-state index in [9.17, 15) is 0 Å². The van der Waals surface area contributed by atoms with Crippen molar-refractivity contribution in [1.82, 2.24) is 0 Å². The standard InChI is InChI=1S/In.9Sb.11Sr. The van der Waals surface area contributed by atoms with Gasteiger partial charge >= 0.3 is 117 Å². The van der Waals surface area contributed by atoms with Crippen LogP contribution in [-0.2, 0) is 0 Å². The molecule has 0 heterocycles. The molecule has 0 aliphatic rings. The third kappa shape index (κ3) is 134. The van der Waals surface area contributed by atoms with E-state index in [2.05, 4.69) is 0 Å². The van der Waals surface area contributed by atoms with E-state index >= 15 is 0 Å². The monoisotopic (exact) mass is 2170 g/mol. The zero-order chi connectivity index (χ0) is 4.00. The van der Waals surface area contributed by atoms with E-state index in [1.165, 1.54) is 117 Å². The molecule has 70 valence electrons. The van der Waals surface area contributed by atoms with Gasteiger partial charge < -0.3 is 0 Å². The van der Waals surface area contributed by atoms with Crippen LogP contribution in [-0.4, -0.2) is 681 Å². The molecule has 0 aliphatic heterocycles. The van der Waals surface area contributed by atoms with Crippen molar-refractivity contribution in [2.75, 3.05) is 0 Å². The van der Waals surface area contributed by atoms with Gasteiger partial charge in [0.1, 0.15) is 0 Å². The molecule has 0 amide bonds. The molecule has 48 radical (unpaired) electrons. The molecule has 0 aromatic rings. The van der Waals surface area contributed by atoms with Crippen LogP contribution in [0.25, 0.3) is 0 Å². The zero-order valence-electron chi connectivity index (χ0n) is 12.4. The van der Waals surface area contributed by atoms with Crippen LogP contribution >= 0.6 is 0 Å². The summed E-state index contributed by atoms with van der Waals surface area (Å²) in [6, 6.07) is 0. The predicted molar refractivity (Wildman–Crippen MR) is 121 cm³/mol. The molecule has 0 aromatic heterocycles. The molecule has 0 bridgehead atoms. The second-order valence-corrected chi connectivity index (χ2v) is 0. The molecule has 21 heteroatoms. The maximum absolute atomic E-state index is 1.32. The van der Waals surface area contributed by atoms with E-state index in [0.717, 1.165) is 0 Å². The SMILES string of the molecule is [In].[Sb].[Sb].[Sb].[Sb].[Sb].[Sb].[Sb].[Sb].[Sb].[Sr].[Sr].[Sr].[Sr].[Sr].[Sr].[Sr].[Sr][Sr].[Sr][Sr]. The Morgan fingerprint density at radius 2 is 0.238 bits per heavy atom. The van der Waals surface area contributed by atoms with Gasteiger partial charge in [0, 0.05) is 564 Å². The van der Waals surface area contributed by atoms with Gasteiger partial charge in [0.05, 0.1) is 0 Å². The Bertz CT molecular complexity index is 25.7. The van der Waals surface area contributed by atoms with Crippen LogP contribution in [0.4, 0.5) is 0 Å². The number of hydrogen-bond donors (Lipinski definition) is 0. The Balaban J connectivity index is -0.000000000124. The molecule has 0 unspecified atom stereocenters. The van der Waals surface area contributed by atoms with Crippen molar-refractivity contribution < 1.29 is 0 Å². The summed E-state index contributed by atoms with van der Waals surface area (Å²) in [6.07, 6.45) is 0. The molecule has 0 aromatic carbocycles. The number of rotatable bonds is 0. The van der Waals surface area contributed by atoms with Crippen LogP contribution in [0.15, 0.2) is 0 Å². The second-order valence-electron chi connectivity index (χ2n) is 0. The molecule has 21 heavy (non-hydrogen) atoms. The Kier molecular flexibility index (Phi) is 857. The van der Waals surface area contributed by atoms with Gasteiger partial charge in [-0.2, -0.15) is 0 Å². The van der Waals surface area contributed by atoms with E-state index in [0.29, 0.717) is 0 Å². The summed E-state index contributed by atoms with van der Waals surface area (Å²) < 4.78 is 0. The molecule has 0 nitrogen and oxygen atoms in total. The first kappa shape index (κ1) is 128. The fourth-order valence-electron chi connectivity index (χ4n) is 0. The molecule has 0 N–H and O–H groups in total. The fraction of sp³-hybridized carbons (Fsp3) is 0. The van der Waals surface area contributed by atoms with Crippen molar-refractivity contribution in [3.05, 3.63) is 0 Å². The molecule has 0 rings (SSSR count). The minimum absolute atomic E-state index is 0. The summed E-state index contributed by atoms with van der Waals surface area (Å²) in [4.78, 5) is 0. The van der Waals surface area contributed by atoms with Gasteiger partial charge in [0.25, 0.3) is 0 Å². The van der Waals surface area contributed by atoms with Gasteiger partial charge in [-0.1, -0.05) is 0 Å². The van der Waals surface area contributed by atoms with E-state index in [1.54, 1.807) is 0 Å². The Morgan fingerprint density at radius 3 is 0.238 bits per heavy atom. The Labute approximate surface area is 651 Å². The van der Waals surface area contributed by atoms with Crippen LogP contribution in [0.1, 0.15) is 0 Å². The average molecular weight is 2170 g/mol. The average Bonchev–Trinajstić information content (AvgIpc) is 1.50. The van der Waals surface area contributed by atoms with Crippen molar-refractivity contribution >= 4 is 681 Å². The van der Waals surface area contributed by atoms with Crippen molar-refractivity contribution in [2.24, 2.45) is 0 Å². The van der Waals surface area contributed by atoms with Crippen molar-refractivity contribution in [3.8, 4) is 0 Å². The van der Waals surface area contributed by atoms with Gasteiger partial charge in [-0.25, -0.2) is 0 Å². The second kappa shape index (κ2) is 140. The predicted octanol–water partition coefficient (Wildman–Crippen LogP) is -8.00. The Morgan fingerprint density at radius 1 is 0.238 bits per heavy atom. The maximum atomic E-state index is 1.32. The van der Waals surface area contributed by atoms with Gasteiger partial charge in [-0.15, -0.1) is 0 Å². The van der Waals surface area contributed by atoms with E-state index in [4.69, 9.17) is 0 Å². The third-order valence-electron chi connectivity index (χ3n) is 0. The van der Waals surface area contributed by atoms with E-state index in [1.807, 2.05) is 0 Å². The minimum atomic E-state index is 0. The van der Waals surface area contributed by atoms with Gasteiger partial charge in [-0.3, -0.25) is 0 Å². The van der Waals surface area contributed by atoms with Crippen molar-refractivity contribution in [1.29, 1.82) is 0 Å². The first-order chi connectivity index (χ1) is 2.00. The third-order valence-corrected chi connectivity index (χ3v) is 0. The van der Waals surface area contributed by atoms with E-state index < -0.39 is 0 Å². The van der Waals surface area contributed by atoms with Crippen LogP contribution in [0.3, 0.4) is 0 Å². The molecule has 0 spiro atoms. The summed E-state index contributed by atoms with van der Waals surface area (Å²) in [5, 5.41) is 0. The van der Waals surface area contributed by atoms with Crippen molar-refractivity contribution in [2.45, 2.75) is 0 Å². The van der Waals surface area contributed by atoms with E-state index in [-0.39, 0.29) is 564 Å². The normalized spacial score (nSPS) is 0.190. The molecule has 0 saturated heterocycles. The summed E-state index contributed by atoms with van der Waals surface area (Å²) >= 11 is 5.28. The summed E-state index contributed by atoms with van der Waals surface area (Å²) in [7, 11) is 0. The van der Waals surface area contributed by atoms with Crippen LogP contribution < -0.4 is 0 Å². The van der Waals surface area contributed by atoms with Gasteiger partial charge in [0.15, 0.2) is 0 Å². The molecular formula is InSb9Sr11. The van der Waals surface area contributed by atoms with Crippen LogP contribution in [0, 0.1) is 0 Å². The number of hydrogen-bond acceptors (Lipinski definition) is 0. The fourth-order valence-corrected chi connectivity index (χ4v) is 0. The first-order valence-corrected chi connectivity index (χ1v) is 35.0. The molecule has 0 atom stereocenters.